The Hall–Kier alpha value is -1.34. The molecule has 2 aliphatic heterocycles. The maximum Gasteiger partial charge on any atom is 0.335 e. The van der Waals surface area contributed by atoms with E-state index in [9.17, 15) is 14.4 Å². The molecule has 3 fully saturated rings. The van der Waals surface area contributed by atoms with Gasteiger partial charge in [-0.1, -0.05) is 52.2 Å². The Labute approximate surface area is 291 Å². The van der Waals surface area contributed by atoms with Crippen LogP contribution < -0.4 is 0 Å². The summed E-state index contributed by atoms with van der Waals surface area (Å²) in [5.41, 5.74) is 1.96. The molecule has 0 amide bonds. The van der Waals surface area contributed by atoms with E-state index in [0.29, 0.717) is 0 Å². The first-order valence-electron chi connectivity index (χ1n) is 16.9. The van der Waals surface area contributed by atoms with Crippen LogP contribution in [0.15, 0.2) is 23.3 Å². The van der Waals surface area contributed by atoms with Gasteiger partial charge in [-0.05, 0) is 82.1 Å². The number of cyclic esters (lactones) is 1. The highest BCUT2D eigenvalue weighted by atomic mass is 79.9. The van der Waals surface area contributed by atoms with E-state index in [-0.39, 0.29) is 78.1 Å². The molecule has 0 aromatic heterocycles. The Bertz CT molecular complexity index is 1220. The van der Waals surface area contributed by atoms with Crippen LogP contribution in [0.3, 0.4) is 0 Å². The van der Waals surface area contributed by atoms with Gasteiger partial charge >= 0.3 is 11.9 Å². The first kappa shape index (κ1) is 36.9. The van der Waals surface area contributed by atoms with E-state index in [1.54, 1.807) is 14.2 Å². The normalized spacial score (nSPS) is 43.3. The van der Waals surface area contributed by atoms with E-state index in [0.717, 1.165) is 37.7 Å². The van der Waals surface area contributed by atoms with Crippen molar-refractivity contribution in [2.24, 2.45) is 35.5 Å². The summed E-state index contributed by atoms with van der Waals surface area (Å²) in [4.78, 5) is 39.9. The van der Waals surface area contributed by atoms with Gasteiger partial charge < -0.3 is 33.2 Å². The molecule has 10 nitrogen and oxygen atoms in total. The third-order valence-corrected chi connectivity index (χ3v) is 11.7. The fourth-order valence-corrected chi connectivity index (χ4v) is 9.03. The molecule has 2 heterocycles. The summed E-state index contributed by atoms with van der Waals surface area (Å²) in [5.74, 6) is -0.939. The molecule has 0 bridgehead atoms. The summed E-state index contributed by atoms with van der Waals surface area (Å²) in [6.07, 6.45) is 4.41. The van der Waals surface area contributed by atoms with Crippen LogP contribution in [0.1, 0.15) is 66.2 Å². The average molecular weight is 746 g/mol. The minimum atomic E-state index is -1.04. The standard InChI is InChI=1S/C35H50BrClO10/c1-16-11-22-24(14-26-25(22)15-28(38)44-17(2)9-8-10-27(41-5)18(3)29(26)39)23-13-20(12-21(16)23)46-35-32(47-34(40)33(36)37)31(43-7)30(42-6)19(4)45-35/h11,14,17-25,27,30-33,35H,8-10,12-13,15H2,1-7H3/t17?,18?,19-,20?,21?,22?,23?,24?,25?,27?,30+,31-,32-,33?,35+/m1/s1. The molecule has 5 aliphatic rings. The van der Waals surface area contributed by atoms with Crippen molar-refractivity contribution < 1.29 is 47.5 Å². The van der Waals surface area contributed by atoms with Crippen LogP contribution in [0.4, 0.5) is 0 Å². The van der Waals surface area contributed by atoms with Crippen molar-refractivity contribution in [3.63, 3.8) is 0 Å². The number of ether oxygens (including phenoxy) is 7. The van der Waals surface area contributed by atoms with Crippen LogP contribution in [0.25, 0.3) is 0 Å². The molecule has 10 unspecified atom stereocenters. The maximum atomic E-state index is 14.1. The monoisotopic (exact) mass is 744 g/mol. The molecule has 0 radical (unpaired) electrons. The van der Waals surface area contributed by atoms with Crippen molar-refractivity contribution in [2.45, 2.75) is 120 Å². The number of alkyl halides is 2. The fourth-order valence-electron chi connectivity index (χ4n) is 8.87. The van der Waals surface area contributed by atoms with Gasteiger partial charge in [0.25, 0.3) is 0 Å². The predicted molar refractivity (Wildman–Crippen MR) is 177 cm³/mol. The highest BCUT2D eigenvalue weighted by Crippen LogP contribution is 2.56. The average Bonchev–Trinajstić information content (AvgIpc) is 3.60. The molecule has 5 rings (SSSR count). The van der Waals surface area contributed by atoms with E-state index in [1.807, 2.05) is 20.8 Å². The topological polar surface area (TPSA) is 116 Å². The number of Topliss-reactive ketones (excluding diaryl/α,β-unsaturated/α-hetero) is 1. The van der Waals surface area contributed by atoms with Crippen molar-refractivity contribution >= 4 is 45.3 Å². The molecule has 3 aliphatic carbocycles. The zero-order valence-corrected chi connectivity index (χ0v) is 30.7. The molecule has 264 valence electrons. The second-order valence-electron chi connectivity index (χ2n) is 14.0. The summed E-state index contributed by atoms with van der Waals surface area (Å²) < 4.78 is 40.7. The summed E-state index contributed by atoms with van der Waals surface area (Å²) in [7, 11) is 4.76. The number of hydrogen-bond donors (Lipinski definition) is 0. The van der Waals surface area contributed by atoms with Crippen LogP contribution in [0.2, 0.25) is 0 Å². The van der Waals surface area contributed by atoms with Crippen LogP contribution in [-0.4, -0.2) is 92.4 Å². The van der Waals surface area contributed by atoms with Crippen LogP contribution in [0.5, 0.6) is 0 Å². The maximum absolute atomic E-state index is 14.1. The van der Waals surface area contributed by atoms with Gasteiger partial charge in [0.05, 0.1) is 30.8 Å². The second-order valence-corrected chi connectivity index (χ2v) is 15.8. The smallest absolute Gasteiger partial charge is 0.335 e. The quantitative estimate of drug-likeness (QED) is 0.188. The van der Waals surface area contributed by atoms with Crippen molar-refractivity contribution in [3.05, 3.63) is 23.3 Å². The SMILES string of the molecule is COC1CCCC(C)OC(=O)CC2C(=CC3C2C=C(C)C2CC(O[C@@H]4O[C@H](C)[C@H](OC)[C@@H](OC)[C@H]4OC(=O)C(Cl)Br)CC23)C(=O)C1C. The number of carbonyl (C=O) groups is 3. The minimum Gasteiger partial charge on any atom is -0.463 e. The largest absolute Gasteiger partial charge is 0.463 e. The van der Waals surface area contributed by atoms with Crippen molar-refractivity contribution in [1.29, 1.82) is 0 Å². The third kappa shape index (κ3) is 7.71. The number of carbonyl (C=O) groups excluding carboxylic acids is 3. The Morgan fingerprint density at radius 3 is 2.34 bits per heavy atom. The summed E-state index contributed by atoms with van der Waals surface area (Å²) in [6.45, 7) is 7.90. The Kier molecular flexibility index (Phi) is 12.3. The Balaban J connectivity index is 1.40. The molecule has 15 atom stereocenters. The van der Waals surface area contributed by atoms with Gasteiger partial charge in [0.1, 0.15) is 12.2 Å². The lowest BCUT2D eigenvalue weighted by Gasteiger charge is -2.44. The lowest BCUT2D eigenvalue weighted by Crippen LogP contribution is -2.60. The zero-order chi connectivity index (χ0) is 34.2. The van der Waals surface area contributed by atoms with Crippen LogP contribution in [-0.2, 0) is 47.5 Å². The third-order valence-electron chi connectivity index (χ3n) is 11.2. The number of halogens is 2. The van der Waals surface area contributed by atoms with Crippen molar-refractivity contribution in [1.82, 2.24) is 0 Å². The molecule has 12 heteroatoms. The number of methoxy groups -OCH3 is 3. The number of hydrogen-bond acceptors (Lipinski definition) is 10. The highest BCUT2D eigenvalue weighted by molar-refractivity contribution is 9.10. The van der Waals surface area contributed by atoms with Crippen LogP contribution >= 0.6 is 27.5 Å². The van der Waals surface area contributed by atoms with Crippen molar-refractivity contribution in [2.75, 3.05) is 21.3 Å². The lowest BCUT2D eigenvalue weighted by molar-refractivity contribution is -0.312. The van der Waals surface area contributed by atoms with Gasteiger partial charge in [0, 0.05) is 33.2 Å². The molecular weight excluding hydrogens is 696 g/mol. The number of esters is 2. The fraction of sp³-hybridized carbons (Fsp3) is 0.800. The first-order valence-corrected chi connectivity index (χ1v) is 18.2. The summed E-state index contributed by atoms with van der Waals surface area (Å²) in [6, 6.07) is 0. The Morgan fingerprint density at radius 2 is 1.68 bits per heavy atom. The van der Waals surface area contributed by atoms with Crippen LogP contribution in [0, 0.1) is 35.5 Å². The minimum absolute atomic E-state index is 0.00696. The first-order chi connectivity index (χ1) is 22.4. The van der Waals surface area contributed by atoms with Gasteiger partial charge in [-0.15, -0.1) is 0 Å². The van der Waals surface area contributed by atoms with Gasteiger partial charge in [0.2, 0.25) is 0 Å². The molecule has 47 heavy (non-hydrogen) atoms. The highest BCUT2D eigenvalue weighted by Gasteiger charge is 2.54. The number of fused-ring (bicyclic) bond motifs is 5. The molecule has 0 spiro atoms. The van der Waals surface area contributed by atoms with Crippen molar-refractivity contribution in [3.8, 4) is 0 Å². The lowest BCUT2D eigenvalue weighted by atomic mass is 9.67. The molecule has 2 saturated heterocycles. The molecule has 0 aromatic carbocycles. The van der Waals surface area contributed by atoms with E-state index >= 15 is 0 Å². The Morgan fingerprint density at radius 1 is 0.957 bits per heavy atom. The van der Waals surface area contributed by atoms with E-state index in [1.165, 1.54) is 12.7 Å². The van der Waals surface area contributed by atoms with Gasteiger partial charge in [-0.2, -0.15) is 0 Å². The summed E-state index contributed by atoms with van der Waals surface area (Å²) >= 11 is 9.05. The molecule has 1 saturated carbocycles. The summed E-state index contributed by atoms with van der Waals surface area (Å²) in [5, 5.41) is 0. The number of allylic oxidation sites excluding steroid dienone is 4. The van der Waals surface area contributed by atoms with Gasteiger partial charge in [0.15, 0.2) is 22.5 Å². The number of ketones is 1. The molecule has 0 aromatic rings. The molecular formula is C35H50BrClO10. The van der Waals surface area contributed by atoms with E-state index < -0.39 is 34.9 Å². The predicted octanol–water partition coefficient (Wildman–Crippen LogP) is 5.52. The van der Waals surface area contributed by atoms with Gasteiger partial charge in [-0.3, -0.25) is 9.59 Å². The number of rotatable bonds is 7. The second kappa shape index (κ2) is 15.7. The van der Waals surface area contributed by atoms with E-state index in [4.69, 9.17) is 44.8 Å². The van der Waals surface area contributed by atoms with Gasteiger partial charge in [-0.25, -0.2) is 4.79 Å². The zero-order valence-electron chi connectivity index (χ0n) is 28.4. The molecule has 0 N–H and O–H groups in total. The van der Waals surface area contributed by atoms with E-state index in [2.05, 4.69) is 35.0 Å².